The van der Waals surface area contributed by atoms with E-state index in [0.717, 1.165) is 24.3 Å². The minimum absolute atomic E-state index is 0.177. The molecule has 4 aliphatic rings. The number of hydrogen-bond donors (Lipinski definition) is 2. The van der Waals surface area contributed by atoms with Crippen LogP contribution in [0.5, 0.6) is 0 Å². The first kappa shape index (κ1) is 14.7. The third-order valence-corrected chi connectivity index (χ3v) is 6.66. The van der Waals surface area contributed by atoms with Crippen molar-refractivity contribution in [1.82, 2.24) is 5.32 Å². The van der Waals surface area contributed by atoms with Crippen LogP contribution in [0.15, 0.2) is 30.3 Å². The van der Waals surface area contributed by atoms with E-state index in [1.165, 1.54) is 44.1 Å². The molecule has 1 aromatic carbocycles. The van der Waals surface area contributed by atoms with Gasteiger partial charge in [-0.2, -0.15) is 0 Å². The maximum absolute atomic E-state index is 11.1. The highest BCUT2D eigenvalue weighted by Gasteiger charge is 2.54. The third-order valence-electron chi connectivity index (χ3n) is 6.66. The molecule has 2 atom stereocenters. The molecule has 0 saturated heterocycles. The van der Waals surface area contributed by atoms with E-state index in [1.807, 2.05) is 0 Å². The number of nitrogens with one attached hydrogen (secondary N) is 1. The quantitative estimate of drug-likeness (QED) is 0.868. The largest absolute Gasteiger partial charge is 0.391 e. The summed E-state index contributed by atoms with van der Waals surface area (Å²) >= 11 is 0. The molecule has 0 aromatic heterocycles. The van der Waals surface area contributed by atoms with Gasteiger partial charge in [-0.15, -0.1) is 0 Å². The van der Waals surface area contributed by atoms with Gasteiger partial charge in [0.05, 0.1) is 6.10 Å². The summed E-state index contributed by atoms with van der Waals surface area (Å²) in [6.45, 7) is 3.03. The van der Waals surface area contributed by atoms with Crippen LogP contribution in [0.25, 0.3) is 0 Å². The molecule has 120 valence electrons. The van der Waals surface area contributed by atoms with E-state index in [9.17, 15) is 5.11 Å². The number of aliphatic hydroxyl groups excluding tert-OH is 1. The Kier molecular flexibility index (Phi) is 3.78. The van der Waals surface area contributed by atoms with Crippen molar-refractivity contribution in [3.05, 3.63) is 35.9 Å². The standard InChI is InChI=1S/C20H29NO/c1-14(21-13-15-5-3-2-4-6-15)19(22)20-10-16-7-17(11-20)9-18(8-16)12-20/h2-6,14,16-19,21-22H,7-13H2,1H3/t14-,16?,17?,18?,19+,20?/m0/s1. The summed E-state index contributed by atoms with van der Waals surface area (Å²) in [5.74, 6) is 2.71. The molecular formula is C20H29NO. The Morgan fingerprint density at radius 3 is 2.14 bits per heavy atom. The summed E-state index contributed by atoms with van der Waals surface area (Å²) < 4.78 is 0. The Morgan fingerprint density at radius 2 is 1.59 bits per heavy atom. The fraction of sp³-hybridized carbons (Fsp3) is 0.700. The average Bonchev–Trinajstić information content (AvgIpc) is 2.51. The van der Waals surface area contributed by atoms with Gasteiger partial charge in [-0.1, -0.05) is 30.3 Å². The van der Waals surface area contributed by atoms with Gasteiger partial charge in [0.1, 0.15) is 0 Å². The Balaban J connectivity index is 1.41. The Morgan fingerprint density at radius 1 is 1.05 bits per heavy atom. The second-order valence-corrected chi connectivity index (χ2v) is 8.38. The van der Waals surface area contributed by atoms with Crippen molar-refractivity contribution in [2.45, 2.75) is 64.1 Å². The lowest BCUT2D eigenvalue weighted by molar-refractivity contribution is -0.128. The summed E-state index contributed by atoms with van der Waals surface area (Å²) in [4.78, 5) is 0. The highest BCUT2D eigenvalue weighted by atomic mass is 16.3. The minimum atomic E-state index is -0.190. The summed E-state index contributed by atoms with van der Waals surface area (Å²) in [5, 5.41) is 14.7. The van der Waals surface area contributed by atoms with Crippen LogP contribution in [0.4, 0.5) is 0 Å². The van der Waals surface area contributed by atoms with Crippen LogP contribution >= 0.6 is 0 Å². The lowest BCUT2D eigenvalue weighted by atomic mass is 9.47. The molecular weight excluding hydrogens is 270 g/mol. The molecule has 0 heterocycles. The van der Waals surface area contributed by atoms with Crippen LogP contribution in [0, 0.1) is 23.2 Å². The maximum atomic E-state index is 11.1. The SMILES string of the molecule is C[C@H](NCc1ccccc1)[C@@H](O)C12CC3CC(CC(C3)C1)C2. The van der Waals surface area contributed by atoms with Gasteiger partial charge < -0.3 is 10.4 Å². The smallest absolute Gasteiger partial charge is 0.0746 e. The van der Waals surface area contributed by atoms with Crippen molar-refractivity contribution >= 4 is 0 Å². The van der Waals surface area contributed by atoms with Crippen molar-refractivity contribution < 1.29 is 5.11 Å². The van der Waals surface area contributed by atoms with E-state index in [0.29, 0.717) is 0 Å². The Labute approximate surface area is 134 Å². The van der Waals surface area contributed by atoms with Gasteiger partial charge in [0.2, 0.25) is 0 Å². The monoisotopic (exact) mass is 299 g/mol. The molecule has 4 fully saturated rings. The molecule has 0 spiro atoms. The van der Waals surface area contributed by atoms with E-state index < -0.39 is 0 Å². The molecule has 2 N–H and O–H groups in total. The maximum Gasteiger partial charge on any atom is 0.0746 e. The summed E-state index contributed by atoms with van der Waals surface area (Å²) in [6, 6.07) is 10.7. The van der Waals surface area contributed by atoms with E-state index in [2.05, 4.69) is 42.6 Å². The molecule has 4 saturated carbocycles. The van der Waals surface area contributed by atoms with E-state index in [1.54, 1.807) is 0 Å². The first-order valence-corrected chi connectivity index (χ1v) is 9.10. The lowest BCUT2D eigenvalue weighted by Gasteiger charge is -2.59. The van der Waals surface area contributed by atoms with Crippen LogP contribution < -0.4 is 5.32 Å². The highest BCUT2D eigenvalue weighted by molar-refractivity contribution is 5.14. The van der Waals surface area contributed by atoms with Gasteiger partial charge in [-0.3, -0.25) is 0 Å². The summed E-state index contributed by atoms with van der Waals surface area (Å²) in [5.41, 5.74) is 1.52. The fourth-order valence-corrected chi connectivity index (χ4v) is 6.06. The zero-order valence-electron chi connectivity index (χ0n) is 13.7. The normalized spacial score (nSPS) is 38.9. The molecule has 1 aromatic rings. The first-order chi connectivity index (χ1) is 10.6. The van der Waals surface area contributed by atoms with Crippen molar-refractivity contribution in [1.29, 1.82) is 0 Å². The molecule has 22 heavy (non-hydrogen) atoms. The Bertz CT molecular complexity index is 476. The highest BCUT2D eigenvalue weighted by Crippen LogP contribution is 2.61. The third kappa shape index (κ3) is 2.61. The zero-order chi connectivity index (χ0) is 15.2. The average molecular weight is 299 g/mol. The summed E-state index contributed by atoms with van der Waals surface area (Å²) in [6.07, 6.45) is 7.96. The molecule has 0 unspecified atom stereocenters. The number of hydrogen-bond acceptors (Lipinski definition) is 2. The van der Waals surface area contributed by atoms with Crippen LogP contribution in [-0.2, 0) is 6.54 Å². The second kappa shape index (κ2) is 5.65. The van der Waals surface area contributed by atoms with E-state index in [-0.39, 0.29) is 17.6 Å². The molecule has 2 nitrogen and oxygen atoms in total. The van der Waals surface area contributed by atoms with Gasteiger partial charge in [-0.25, -0.2) is 0 Å². The van der Waals surface area contributed by atoms with Gasteiger partial charge >= 0.3 is 0 Å². The van der Waals surface area contributed by atoms with Crippen molar-refractivity contribution in [3.8, 4) is 0 Å². The predicted molar refractivity (Wildman–Crippen MR) is 89.4 cm³/mol. The van der Waals surface area contributed by atoms with Gasteiger partial charge in [0.25, 0.3) is 0 Å². The minimum Gasteiger partial charge on any atom is -0.391 e. The topological polar surface area (TPSA) is 32.3 Å². The first-order valence-electron chi connectivity index (χ1n) is 9.10. The van der Waals surface area contributed by atoms with Crippen molar-refractivity contribution in [3.63, 3.8) is 0 Å². The molecule has 4 aliphatic carbocycles. The Hall–Kier alpha value is -0.860. The molecule has 5 rings (SSSR count). The fourth-order valence-electron chi connectivity index (χ4n) is 6.06. The number of aliphatic hydroxyl groups is 1. The molecule has 4 bridgehead atoms. The van der Waals surface area contributed by atoms with Gasteiger partial charge in [-0.05, 0) is 74.2 Å². The van der Waals surface area contributed by atoms with Gasteiger partial charge in [0, 0.05) is 12.6 Å². The molecule has 0 aliphatic heterocycles. The second-order valence-electron chi connectivity index (χ2n) is 8.38. The van der Waals surface area contributed by atoms with Crippen molar-refractivity contribution in [2.24, 2.45) is 23.2 Å². The molecule has 2 heteroatoms. The molecule has 0 radical (unpaired) electrons. The van der Waals surface area contributed by atoms with E-state index in [4.69, 9.17) is 0 Å². The van der Waals surface area contributed by atoms with Crippen LogP contribution in [0.1, 0.15) is 51.0 Å². The number of rotatable bonds is 5. The number of benzene rings is 1. The van der Waals surface area contributed by atoms with Crippen LogP contribution in [0.2, 0.25) is 0 Å². The zero-order valence-corrected chi connectivity index (χ0v) is 13.7. The van der Waals surface area contributed by atoms with E-state index >= 15 is 0 Å². The van der Waals surface area contributed by atoms with Gasteiger partial charge in [0.15, 0.2) is 0 Å². The predicted octanol–water partition coefficient (Wildman–Crippen LogP) is 3.74. The van der Waals surface area contributed by atoms with Crippen molar-refractivity contribution in [2.75, 3.05) is 0 Å². The lowest BCUT2D eigenvalue weighted by Crippen LogP contribution is -2.56. The summed E-state index contributed by atoms with van der Waals surface area (Å²) in [7, 11) is 0. The van der Waals surface area contributed by atoms with Crippen LogP contribution in [0.3, 0.4) is 0 Å². The van der Waals surface area contributed by atoms with Crippen LogP contribution in [-0.4, -0.2) is 17.3 Å². The molecule has 0 amide bonds.